The summed E-state index contributed by atoms with van der Waals surface area (Å²) in [6, 6.07) is 2.15. The van der Waals surface area contributed by atoms with Crippen molar-refractivity contribution in [2.24, 2.45) is 0 Å². The summed E-state index contributed by atoms with van der Waals surface area (Å²) in [7, 11) is 0. The van der Waals surface area contributed by atoms with Gasteiger partial charge in [-0.2, -0.15) is 13.2 Å². The van der Waals surface area contributed by atoms with E-state index in [-0.39, 0.29) is 27.7 Å². The summed E-state index contributed by atoms with van der Waals surface area (Å²) >= 11 is 11.9. The number of fused-ring (bicyclic) bond motifs is 1. The minimum atomic E-state index is -4.56. The normalized spacial score (nSPS) is 11.9. The lowest BCUT2D eigenvalue weighted by molar-refractivity contribution is -0.137. The van der Waals surface area contributed by atoms with Gasteiger partial charge in [0.05, 0.1) is 28.4 Å². The van der Waals surface area contributed by atoms with E-state index in [0.29, 0.717) is 11.3 Å². The monoisotopic (exact) mass is 358 g/mol. The smallest absolute Gasteiger partial charge is 0.256 e. The fraction of sp³-hybridized carbons (Fsp3) is 0.143. The molecule has 0 saturated carbocycles. The van der Waals surface area contributed by atoms with E-state index in [1.807, 2.05) is 0 Å². The average molecular weight is 359 g/mol. The fourth-order valence-corrected chi connectivity index (χ4v) is 2.47. The van der Waals surface area contributed by atoms with E-state index in [1.165, 1.54) is 24.7 Å². The minimum Gasteiger partial charge on any atom is -0.256 e. The third-order valence-corrected chi connectivity index (χ3v) is 3.71. The predicted octanol–water partition coefficient (Wildman–Crippen LogP) is 4.50. The van der Waals surface area contributed by atoms with Gasteiger partial charge in [0, 0.05) is 18.0 Å². The van der Waals surface area contributed by atoms with Crippen LogP contribution in [-0.2, 0) is 12.1 Å². The van der Waals surface area contributed by atoms with Gasteiger partial charge in [-0.1, -0.05) is 11.6 Å². The molecule has 118 valence electrons. The van der Waals surface area contributed by atoms with Crippen molar-refractivity contribution in [1.82, 2.24) is 19.9 Å². The van der Waals surface area contributed by atoms with Gasteiger partial charge in [0.25, 0.3) is 0 Å². The van der Waals surface area contributed by atoms with Gasteiger partial charge in [0.2, 0.25) is 0 Å². The largest absolute Gasteiger partial charge is 0.418 e. The van der Waals surface area contributed by atoms with Gasteiger partial charge in [-0.15, -0.1) is 11.6 Å². The van der Waals surface area contributed by atoms with E-state index in [9.17, 15) is 13.2 Å². The Labute approximate surface area is 138 Å². The van der Waals surface area contributed by atoms with Crippen molar-refractivity contribution in [2.75, 3.05) is 0 Å². The van der Waals surface area contributed by atoms with Crippen molar-refractivity contribution < 1.29 is 13.2 Å². The van der Waals surface area contributed by atoms with Gasteiger partial charge in [-0.25, -0.2) is 9.97 Å². The molecule has 9 heteroatoms. The molecule has 3 aromatic heterocycles. The number of rotatable bonds is 2. The van der Waals surface area contributed by atoms with Crippen LogP contribution in [0.2, 0.25) is 5.02 Å². The number of pyridine rings is 2. The van der Waals surface area contributed by atoms with E-state index >= 15 is 0 Å². The number of hydrogen-bond acceptors (Lipinski definition) is 4. The zero-order valence-corrected chi connectivity index (χ0v) is 12.8. The summed E-state index contributed by atoms with van der Waals surface area (Å²) in [5.41, 5.74) is -0.558. The maximum Gasteiger partial charge on any atom is 0.418 e. The molecule has 0 spiro atoms. The number of halogens is 5. The van der Waals surface area contributed by atoms with Crippen molar-refractivity contribution in [2.45, 2.75) is 12.1 Å². The molecule has 0 unspecified atom stereocenters. The molecule has 0 saturated heterocycles. The van der Waals surface area contributed by atoms with Gasteiger partial charge in [-0.3, -0.25) is 9.97 Å². The van der Waals surface area contributed by atoms with Crippen molar-refractivity contribution in [3.05, 3.63) is 47.1 Å². The van der Waals surface area contributed by atoms with Gasteiger partial charge in [0.1, 0.15) is 16.9 Å². The SMILES string of the molecule is FC(F)(F)c1cccnc1-c1cnc2cnc(CCl)nc2c1Cl. The van der Waals surface area contributed by atoms with Crippen molar-refractivity contribution >= 4 is 34.2 Å². The molecular weight excluding hydrogens is 352 g/mol. The molecule has 3 heterocycles. The van der Waals surface area contributed by atoms with Crippen LogP contribution in [-0.4, -0.2) is 19.9 Å². The maximum absolute atomic E-state index is 13.2. The van der Waals surface area contributed by atoms with Crippen LogP contribution in [0.5, 0.6) is 0 Å². The highest BCUT2D eigenvalue weighted by Crippen LogP contribution is 2.39. The third kappa shape index (κ3) is 2.94. The van der Waals surface area contributed by atoms with E-state index < -0.39 is 11.7 Å². The predicted molar refractivity (Wildman–Crippen MR) is 80.1 cm³/mol. The first-order chi connectivity index (χ1) is 10.9. The Morgan fingerprint density at radius 1 is 1.09 bits per heavy atom. The number of aromatic nitrogens is 4. The second kappa shape index (κ2) is 5.90. The van der Waals surface area contributed by atoms with E-state index in [0.717, 1.165) is 6.07 Å². The van der Waals surface area contributed by atoms with Gasteiger partial charge < -0.3 is 0 Å². The molecule has 0 N–H and O–H groups in total. The molecule has 4 nitrogen and oxygen atoms in total. The Bertz CT molecular complexity index is 884. The molecule has 3 rings (SSSR count). The quantitative estimate of drug-likeness (QED) is 0.633. The van der Waals surface area contributed by atoms with Crippen molar-refractivity contribution in [1.29, 1.82) is 0 Å². The summed E-state index contributed by atoms with van der Waals surface area (Å²) < 4.78 is 39.5. The highest BCUT2D eigenvalue weighted by atomic mass is 35.5. The van der Waals surface area contributed by atoms with Crippen LogP contribution in [0.1, 0.15) is 11.4 Å². The second-order valence-corrected chi connectivity index (χ2v) is 5.18. The van der Waals surface area contributed by atoms with Crippen LogP contribution >= 0.6 is 23.2 Å². The van der Waals surface area contributed by atoms with Crippen LogP contribution in [0.4, 0.5) is 13.2 Å². The zero-order valence-electron chi connectivity index (χ0n) is 11.3. The van der Waals surface area contributed by atoms with Gasteiger partial charge in [0.15, 0.2) is 0 Å². The topological polar surface area (TPSA) is 51.6 Å². The van der Waals surface area contributed by atoms with Crippen molar-refractivity contribution in [3.8, 4) is 11.3 Å². The maximum atomic E-state index is 13.2. The summed E-state index contributed by atoms with van der Waals surface area (Å²) in [6.07, 6.45) is -0.658. The third-order valence-electron chi connectivity index (χ3n) is 3.08. The van der Waals surface area contributed by atoms with E-state index in [2.05, 4.69) is 19.9 Å². The first-order valence-electron chi connectivity index (χ1n) is 6.30. The zero-order chi connectivity index (χ0) is 16.6. The van der Waals surface area contributed by atoms with E-state index in [4.69, 9.17) is 23.2 Å². The molecule has 0 amide bonds. The highest BCUT2D eigenvalue weighted by Gasteiger charge is 2.35. The molecule has 0 aliphatic heterocycles. The number of alkyl halides is 4. The summed E-state index contributed by atoms with van der Waals surface area (Å²) in [5.74, 6) is 0.352. The number of hydrogen-bond donors (Lipinski definition) is 0. The first-order valence-corrected chi connectivity index (χ1v) is 7.21. The highest BCUT2D eigenvalue weighted by molar-refractivity contribution is 6.37. The Balaban J connectivity index is 2.28. The lowest BCUT2D eigenvalue weighted by atomic mass is 10.1. The Hall–Kier alpha value is -1.99. The van der Waals surface area contributed by atoms with Crippen LogP contribution in [0.15, 0.2) is 30.7 Å². The standard InChI is InChI=1S/C14H7Cl2F3N4/c15-4-10-22-6-9-13(23-10)11(16)7(5-21-9)12-8(14(17,18)19)2-1-3-20-12/h1-3,5-6H,4H2. The van der Waals surface area contributed by atoms with E-state index in [1.54, 1.807) is 0 Å². The summed E-state index contributed by atoms with van der Waals surface area (Å²) in [4.78, 5) is 16.0. The van der Waals surface area contributed by atoms with Crippen LogP contribution in [0.3, 0.4) is 0 Å². The average Bonchev–Trinajstić information content (AvgIpc) is 2.54. The van der Waals surface area contributed by atoms with Crippen LogP contribution in [0, 0.1) is 0 Å². The molecule has 0 radical (unpaired) electrons. The fourth-order valence-electron chi connectivity index (χ4n) is 2.06. The molecule has 0 fully saturated rings. The summed E-state index contributed by atoms with van der Waals surface area (Å²) in [5, 5.41) is 0.0213. The van der Waals surface area contributed by atoms with Crippen molar-refractivity contribution in [3.63, 3.8) is 0 Å². The molecule has 0 aliphatic carbocycles. The molecule has 0 aromatic carbocycles. The Morgan fingerprint density at radius 3 is 2.57 bits per heavy atom. The van der Waals surface area contributed by atoms with Gasteiger partial charge in [-0.05, 0) is 12.1 Å². The Morgan fingerprint density at radius 2 is 1.87 bits per heavy atom. The second-order valence-electron chi connectivity index (χ2n) is 4.54. The lowest BCUT2D eigenvalue weighted by Gasteiger charge is -2.13. The molecule has 0 atom stereocenters. The van der Waals surface area contributed by atoms with Gasteiger partial charge >= 0.3 is 6.18 Å². The minimum absolute atomic E-state index is 0.0213. The summed E-state index contributed by atoms with van der Waals surface area (Å²) in [6.45, 7) is 0. The molecule has 23 heavy (non-hydrogen) atoms. The first kappa shape index (κ1) is 15.9. The molecule has 0 aliphatic rings. The number of nitrogens with zero attached hydrogens (tertiary/aromatic N) is 4. The van der Waals surface area contributed by atoms with Crippen LogP contribution in [0.25, 0.3) is 22.3 Å². The molecular formula is C14H7Cl2F3N4. The molecule has 3 aromatic rings. The van der Waals surface area contributed by atoms with Crippen LogP contribution < -0.4 is 0 Å². The molecule has 0 bridgehead atoms. The Kier molecular flexibility index (Phi) is 4.08. The lowest BCUT2D eigenvalue weighted by Crippen LogP contribution is -2.08.